The third-order valence-electron chi connectivity index (χ3n) is 3.18. The van der Waals surface area contributed by atoms with Gasteiger partial charge < -0.3 is 10.1 Å². The number of ether oxygens (including phenoxy) is 1. The van der Waals surface area contributed by atoms with Crippen LogP contribution in [-0.4, -0.2) is 6.61 Å². The summed E-state index contributed by atoms with van der Waals surface area (Å²) < 4.78 is 7.54. The van der Waals surface area contributed by atoms with Gasteiger partial charge in [-0.25, -0.2) is 0 Å². The first-order chi connectivity index (χ1) is 10.1. The van der Waals surface area contributed by atoms with E-state index < -0.39 is 0 Å². The topological polar surface area (TPSA) is 21.3 Å². The third kappa shape index (κ3) is 4.48. The van der Waals surface area contributed by atoms with E-state index in [2.05, 4.69) is 80.5 Å². The van der Waals surface area contributed by atoms with Gasteiger partial charge in [0.15, 0.2) is 0 Å². The molecule has 0 saturated heterocycles. The molecule has 2 aromatic rings. The Morgan fingerprint density at radius 1 is 1.00 bits per heavy atom. The average Bonchev–Trinajstić information content (AvgIpc) is 2.49. The molecule has 0 aliphatic carbocycles. The number of anilines is 1. The molecule has 0 radical (unpaired) electrons. The van der Waals surface area contributed by atoms with Crippen molar-refractivity contribution in [2.45, 2.75) is 26.8 Å². The van der Waals surface area contributed by atoms with Crippen LogP contribution in [0.15, 0.2) is 45.3 Å². The summed E-state index contributed by atoms with van der Waals surface area (Å²) in [5.41, 5.74) is 3.68. The molecule has 2 aromatic carbocycles. The van der Waals surface area contributed by atoms with Crippen LogP contribution < -0.4 is 10.1 Å². The molecule has 0 aromatic heterocycles. The van der Waals surface area contributed by atoms with Gasteiger partial charge in [-0.1, -0.05) is 19.1 Å². The molecule has 4 heteroatoms. The van der Waals surface area contributed by atoms with Crippen LogP contribution in [0, 0.1) is 0 Å². The van der Waals surface area contributed by atoms with E-state index in [4.69, 9.17) is 4.74 Å². The second-order valence-electron chi connectivity index (χ2n) is 4.73. The Bertz CT molecular complexity index is 590. The van der Waals surface area contributed by atoms with Gasteiger partial charge in [0.05, 0.1) is 15.6 Å². The Morgan fingerprint density at radius 2 is 1.71 bits per heavy atom. The van der Waals surface area contributed by atoms with Crippen molar-refractivity contribution in [3.05, 3.63) is 56.5 Å². The zero-order valence-electron chi connectivity index (χ0n) is 12.2. The molecule has 0 amide bonds. The number of nitrogens with one attached hydrogen (secondary N) is 1. The van der Waals surface area contributed by atoms with Crippen molar-refractivity contribution in [2.24, 2.45) is 0 Å². The molecular weight excluding hydrogens is 394 g/mol. The van der Waals surface area contributed by atoms with Crippen LogP contribution in [0.3, 0.4) is 0 Å². The Hall–Kier alpha value is -1.00. The van der Waals surface area contributed by atoms with Gasteiger partial charge in [-0.3, -0.25) is 0 Å². The lowest BCUT2D eigenvalue weighted by Crippen LogP contribution is -2.01. The first kappa shape index (κ1) is 16.4. The highest BCUT2D eigenvalue weighted by atomic mass is 79.9. The molecule has 21 heavy (non-hydrogen) atoms. The van der Waals surface area contributed by atoms with Gasteiger partial charge in [0.1, 0.15) is 5.75 Å². The standard InChI is InChI=1S/C17H19Br2NO/c1-3-12-6-5-7-14(8-12)20-11-13-9-15(18)17(21-4-2)16(19)10-13/h5-10,20H,3-4,11H2,1-2H3. The van der Waals surface area contributed by atoms with Gasteiger partial charge in [0.25, 0.3) is 0 Å². The van der Waals surface area contributed by atoms with E-state index in [0.29, 0.717) is 6.61 Å². The van der Waals surface area contributed by atoms with Gasteiger partial charge in [0.2, 0.25) is 0 Å². The van der Waals surface area contributed by atoms with Crippen LogP contribution in [0.1, 0.15) is 25.0 Å². The highest BCUT2D eigenvalue weighted by molar-refractivity contribution is 9.11. The average molecular weight is 413 g/mol. The number of hydrogen-bond acceptors (Lipinski definition) is 2. The van der Waals surface area contributed by atoms with Crippen LogP contribution in [-0.2, 0) is 13.0 Å². The fraction of sp³-hybridized carbons (Fsp3) is 0.294. The summed E-state index contributed by atoms with van der Waals surface area (Å²) in [7, 11) is 0. The van der Waals surface area contributed by atoms with Gasteiger partial charge >= 0.3 is 0 Å². The molecule has 1 N–H and O–H groups in total. The number of benzene rings is 2. The minimum atomic E-state index is 0.651. The summed E-state index contributed by atoms with van der Waals surface area (Å²) in [5, 5.41) is 3.46. The summed E-state index contributed by atoms with van der Waals surface area (Å²) in [4.78, 5) is 0. The Labute approximate surface area is 143 Å². The maximum atomic E-state index is 5.60. The van der Waals surface area contributed by atoms with E-state index in [-0.39, 0.29) is 0 Å². The smallest absolute Gasteiger partial charge is 0.147 e. The van der Waals surface area contributed by atoms with Crippen molar-refractivity contribution >= 4 is 37.5 Å². The van der Waals surface area contributed by atoms with Gasteiger partial charge in [0, 0.05) is 12.2 Å². The lowest BCUT2D eigenvalue weighted by Gasteiger charge is -2.12. The molecule has 0 atom stereocenters. The van der Waals surface area contributed by atoms with Crippen molar-refractivity contribution < 1.29 is 4.74 Å². The maximum absolute atomic E-state index is 5.60. The van der Waals surface area contributed by atoms with Crippen molar-refractivity contribution in [1.29, 1.82) is 0 Å². The van der Waals surface area contributed by atoms with E-state index in [1.54, 1.807) is 0 Å². The predicted molar refractivity (Wildman–Crippen MR) is 96.2 cm³/mol. The largest absolute Gasteiger partial charge is 0.492 e. The van der Waals surface area contributed by atoms with Crippen LogP contribution in [0.5, 0.6) is 5.75 Å². The molecule has 0 bridgehead atoms. The Kier molecular flexibility index (Phi) is 6.12. The normalized spacial score (nSPS) is 10.5. The number of halogens is 2. The molecule has 0 spiro atoms. The molecule has 2 nitrogen and oxygen atoms in total. The second kappa shape index (κ2) is 7.85. The van der Waals surface area contributed by atoms with E-state index in [0.717, 1.165) is 33.3 Å². The molecule has 0 saturated carbocycles. The monoisotopic (exact) mass is 411 g/mol. The molecular formula is C17H19Br2NO. The number of hydrogen-bond donors (Lipinski definition) is 1. The van der Waals surface area contributed by atoms with Crippen molar-refractivity contribution in [2.75, 3.05) is 11.9 Å². The van der Waals surface area contributed by atoms with Gasteiger partial charge in [-0.15, -0.1) is 0 Å². The minimum absolute atomic E-state index is 0.651. The number of aryl methyl sites for hydroxylation is 1. The number of rotatable bonds is 6. The second-order valence-corrected chi connectivity index (χ2v) is 6.44. The van der Waals surface area contributed by atoms with E-state index in [9.17, 15) is 0 Å². The van der Waals surface area contributed by atoms with Crippen LogP contribution in [0.25, 0.3) is 0 Å². The Morgan fingerprint density at radius 3 is 2.33 bits per heavy atom. The Balaban J connectivity index is 2.09. The van der Waals surface area contributed by atoms with E-state index in [1.807, 2.05) is 6.92 Å². The minimum Gasteiger partial charge on any atom is -0.492 e. The predicted octanol–water partition coefficient (Wildman–Crippen LogP) is 5.78. The molecule has 0 aliphatic heterocycles. The first-order valence-corrected chi connectivity index (χ1v) is 8.66. The summed E-state index contributed by atoms with van der Waals surface area (Å²) in [6.45, 7) is 5.57. The van der Waals surface area contributed by atoms with E-state index in [1.165, 1.54) is 11.1 Å². The molecule has 0 aliphatic rings. The van der Waals surface area contributed by atoms with Crippen molar-refractivity contribution in [3.63, 3.8) is 0 Å². The zero-order chi connectivity index (χ0) is 15.2. The fourth-order valence-corrected chi connectivity index (χ4v) is 3.61. The highest BCUT2D eigenvalue weighted by Crippen LogP contribution is 2.35. The fourth-order valence-electron chi connectivity index (χ4n) is 2.10. The summed E-state index contributed by atoms with van der Waals surface area (Å²) in [5.74, 6) is 0.856. The third-order valence-corrected chi connectivity index (χ3v) is 4.36. The SMILES string of the molecule is CCOc1c(Br)cc(CNc2cccc(CC)c2)cc1Br. The van der Waals surface area contributed by atoms with Crippen molar-refractivity contribution in [3.8, 4) is 5.75 Å². The summed E-state index contributed by atoms with van der Waals surface area (Å²) in [6.07, 6.45) is 1.05. The van der Waals surface area contributed by atoms with Crippen LogP contribution in [0.4, 0.5) is 5.69 Å². The lowest BCUT2D eigenvalue weighted by atomic mass is 10.1. The molecule has 2 rings (SSSR count). The van der Waals surface area contributed by atoms with Gasteiger partial charge in [-0.2, -0.15) is 0 Å². The molecule has 0 fully saturated rings. The van der Waals surface area contributed by atoms with Crippen LogP contribution in [0.2, 0.25) is 0 Å². The molecule has 0 unspecified atom stereocenters. The summed E-state index contributed by atoms with van der Waals surface area (Å²) >= 11 is 7.13. The van der Waals surface area contributed by atoms with E-state index >= 15 is 0 Å². The summed E-state index contributed by atoms with van der Waals surface area (Å²) in [6, 6.07) is 12.7. The lowest BCUT2D eigenvalue weighted by molar-refractivity contribution is 0.336. The van der Waals surface area contributed by atoms with Crippen LogP contribution >= 0.6 is 31.9 Å². The molecule has 0 heterocycles. The van der Waals surface area contributed by atoms with Gasteiger partial charge in [-0.05, 0) is 80.6 Å². The molecule has 112 valence electrons. The first-order valence-electron chi connectivity index (χ1n) is 7.07. The van der Waals surface area contributed by atoms with Crippen molar-refractivity contribution in [1.82, 2.24) is 0 Å². The quantitative estimate of drug-likeness (QED) is 0.648. The highest BCUT2D eigenvalue weighted by Gasteiger charge is 2.08. The maximum Gasteiger partial charge on any atom is 0.147 e. The zero-order valence-corrected chi connectivity index (χ0v) is 15.4.